The predicted molar refractivity (Wildman–Crippen MR) is 104 cm³/mol. The molecule has 27 heavy (non-hydrogen) atoms. The van der Waals surface area contributed by atoms with Gasteiger partial charge in [-0.1, -0.05) is 51.1 Å². The van der Waals surface area contributed by atoms with Crippen molar-refractivity contribution in [2.45, 2.75) is 64.5 Å². The number of rotatable bonds is 6. The van der Waals surface area contributed by atoms with Crippen molar-refractivity contribution in [1.29, 1.82) is 0 Å². The molecule has 7 nitrogen and oxygen atoms in total. The van der Waals surface area contributed by atoms with Crippen LogP contribution in [-0.4, -0.2) is 28.8 Å². The van der Waals surface area contributed by atoms with Gasteiger partial charge in [-0.2, -0.15) is 0 Å². The van der Waals surface area contributed by atoms with Crippen LogP contribution in [0, 0.1) is 16.0 Å². The summed E-state index contributed by atoms with van der Waals surface area (Å²) in [6, 6.07) is 3.05. The van der Waals surface area contributed by atoms with E-state index >= 15 is 0 Å². The first-order valence-corrected chi connectivity index (χ1v) is 9.72. The van der Waals surface area contributed by atoms with Crippen molar-refractivity contribution >= 4 is 29.1 Å². The van der Waals surface area contributed by atoms with Gasteiger partial charge in [-0.25, -0.2) is 0 Å². The largest absolute Gasteiger partial charge is 0.352 e. The first-order valence-electron chi connectivity index (χ1n) is 9.34. The van der Waals surface area contributed by atoms with Crippen molar-refractivity contribution in [2.24, 2.45) is 5.92 Å². The van der Waals surface area contributed by atoms with Crippen LogP contribution < -0.4 is 10.6 Å². The number of hydrogen-bond donors (Lipinski definition) is 2. The van der Waals surface area contributed by atoms with E-state index in [1.807, 2.05) is 13.8 Å². The van der Waals surface area contributed by atoms with Crippen molar-refractivity contribution in [3.8, 4) is 0 Å². The van der Waals surface area contributed by atoms with Gasteiger partial charge in [-0.15, -0.1) is 0 Å². The Labute approximate surface area is 164 Å². The zero-order chi connectivity index (χ0) is 20.0. The minimum atomic E-state index is -0.740. The Bertz CT molecular complexity index is 700. The molecule has 1 aliphatic rings. The summed E-state index contributed by atoms with van der Waals surface area (Å²) in [5.74, 6) is -0.970. The maximum atomic E-state index is 12.7. The smallest absolute Gasteiger partial charge is 0.270 e. The molecule has 0 unspecified atom stereocenters. The number of nitro groups is 1. The van der Waals surface area contributed by atoms with Gasteiger partial charge in [-0.05, 0) is 24.8 Å². The number of hydrogen-bond acceptors (Lipinski definition) is 4. The number of carbonyl (C=O) groups excluding carboxylic acids is 2. The van der Waals surface area contributed by atoms with Crippen LogP contribution >= 0.6 is 11.6 Å². The molecule has 1 aromatic rings. The van der Waals surface area contributed by atoms with E-state index < -0.39 is 16.9 Å². The zero-order valence-electron chi connectivity index (χ0n) is 15.7. The molecule has 1 fully saturated rings. The van der Waals surface area contributed by atoms with Gasteiger partial charge in [-0.3, -0.25) is 19.7 Å². The van der Waals surface area contributed by atoms with Gasteiger partial charge in [0, 0.05) is 18.2 Å². The molecule has 0 spiro atoms. The lowest BCUT2D eigenvalue weighted by Gasteiger charge is -2.25. The fourth-order valence-corrected chi connectivity index (χ4v) is 3.47. The molecule has 1 aliphatic carbocycles. The Morgan fingerprint density at radius 2 is 1.81 bits per heavy atom. The van der Waals surface area contributed by atoms with E-state index in [-0.39, 0.29) is 34.1 Å². The zero-order valence-corrected chi connectivity index (χ0v) is 16.4. The number of carbonyl (C=O) groups is 2. The fourth-order valence-electron chi connectivity index (χ4n) is 3.27. The summed E-state index contributed by atoms with van der Waals surface area (Å²) in [6.07, 6.45) is 6.44. The highest BCUT2D eigenvalue weighted by molar-refractivity contribution is 6.34. The van der Waals surface area contributed by atoms with Gasteiger partial charge in [0.05, 0.1) is 15.5 Å². The molecule has 8 heteroatoms. The molecule has 1 atom stereocenters. The van der Waals surface area contributed by atoms with Gasteiger partial charge < -0.3 is 10.6 Å². The lowest BCUT2D eigenvalue weighted by molar-refractivity contribution is -0.384. The van der Waals surface area contributed by atoms with Crippen LogP contribution in [0.3, 0.4) is 0 Å². The van der Waals surface area contributed by atoms with Crippen LogP contribution in [0.1, 0.15) is 62.7 Å². The molecular formula is C19H26ClN3O4. The van der Waals surface area contributed by atoms with E-state index in [0.717, 1.165) is 31.7 Å². The summed E-state index contributed by atoms with van der Waals surface area (Å²) in [5, 5.41) is 16.8. The minimum absolute atomic E-state index is 0.0150. The van der Waals surface area contributed by atoms with E-state index in [1.165, 1.54) is 25.0 Å². The molecule has 0 bridgehead atoms. The maximum Gasteiger partial charge on any atom is 0.270 e. The number of amides is 2. The van der Waals surface area contributed by atoms with Crippen molar-refractivity contribution < 1.29 is 14.5 Å². The average molecular weight is 396 g/mol. The number of nitrogens with one attached hydrogen (secondary N) is 2. The molecule has 0 saturated heterocycles. The summed E-state index contributed by atoms with van der Waals surface area (Å²) in [7, 11) is 0. The molecule has 0 radical (unpaired) electrons. The molecule has 1 saturated carbocycles. The third kappa shape index (κ3) is 5.92. The van der Waals surface area contributed by atoms with E-state index in [1.54, 1.807) is 0 Å². The highest BCUT2D eigenvalue weighted by Crippen LogP contribution is 2.22. The summed E-state index contributed by atoms with van der Waals surface area (Å²) < 4.78 is 0. The van der Waals surface area contributed by atoms with E-state index in [4.69, 9.17) is 11.6 Å². The Balaban J connectivity index is 2.10. The average Bonchev–Trinajstić information content (AvgIpc) is 2.87. The second-order valence-corrected chi connectivity index (χ2v) is 7.72. The van der Waals surface area contributed by atoms with Crippen LogP contribution in [0.2, 0.25) is 5.02 Å². The molecule has 2 amide bonds. The van der Waals surface area contributed by atoms with Crippen molar-refractivity contribution in [1.82, 2.24) is 10.6 Å². The van der Waals surface area contributed by atoms with Gasteiger partial charge in [0.15, 0.2) is 0 Å². The molecule has 1 aromatic carbocycles. The quantitative estimate of drug-likeness (QED) is 0.434. The summed E-state index contributed by atoms with van der Waals surface area (Å²) >= 11 is 6.03. The molecular weight excluding hydrogens is 370 g/mol. The monoisotopic (exact) mass is 395 g/mol. The normalized spacial score (nSPS) is 16.4. The summed E-state index contributed by atoms with van der Waals surface area (Å²) in [6.45, 7) is 3.68. The maximum absolute atomic E-state index is 12.7. The third-order valence-corrected chi connectivity index (χ3v) is 5.17. The van der Waals surface area contributed by atoms with Crippen LogP contribution in [0.25, 0.3) is 0 Å². The number of non-ortho nitro benzene ring substituents is 1. The number of halogens is 1. The second kappa shape index (κ2) is 9.69. The number of benzene rings is 1. The Kier molecular flexibility index (Phi) is 7.59. The first-order chi connectivity index (χ1) is 12.8. The lowest BCUT2D eigenvalue weighted by atomic mass is 10.0. The second-order valence-electron chi connectivity index (χ2n) is 7.31. The van der Waals surface area contributed by atoms with Gasteiger partial charge in [0.1, 0.15) is 6.04 Å². The molecule has 2 N–H and O–H groups in total. The van der Waals surface area contributed by atoms with Gasteiger partial charge in [0.25, 0.3) is 11.6 Å². The fraction of sp³-hybridized carbons (Fsp3) is 0.579. The van der Waals surface area contributed by atoms with Crippen LogP contribution in [0.4, 0.5) is 5.69 Å². The van der Waals surface area contributed by atoms with Gasteiger partial charge >= 0.3 is 0 Å². The van der Waals surface area contributed by atoms with E-state index in [0.29, 0.717) is 0 Å². The van der Waals surface area contributed by atoms with Gasteiger partial charge in [0.2, 0.25) is 5.91 Å². The molecule has 0 aromatic heterocycles. The van der Waals surface area contributed by atoms with Crippen molar-refractivity contribution in [3.63, 3.8) is 0 Å². The topological polar surface area (TPSA) is 101 Å². The Morgan fingerprint density at radius 1 is 1.19 bits per heavy atom. The van der Waals surface area contributed by atoms with Crippen molar-refractivity contribution in [3.05, 3.63) is 38.9 Å². The summed E-state index contributed by atoms with van der Waals surface area (Å²) in [5.41, 5.74) is -0.243. The lowest BCUT2D eigenvalue weighted by Crippen LogP contribution is -2.52. The molecule has 2 rings (SSSR count). The molecule has 0 aliphatic heterocycles. The highest BCUT2D eigenvalue weighted by Gasteiger charge is 2.28. The number of nitrogens with zero attached hydrogens (tertiary/aromatic N) is 1. The highest BCUT2D eigenvalue weighted by atomic mass is 35.5. The predicted octanol–water partition coefficient (Wildman–Crippen LogP) is 3.84. The third-order valence-electron chi connectivity index (χ3n) is 4.84. The van der Waals surface area contributed by atoms with Crippen molar-refractivity contribution in [2.75, 3.05) is 0 Å². The van der Waals surface area contributed by atoms with E-state index in [2.05, 4.69) is 10.6 Å². The molecule has 0 heterocycles. The standard InChI is InChI=1S/C19H26ClN3O4/c1-12(2)17(19(25)21-13-7-5-3-4-6-8-13)22-18(24)15-11-14(23(26)27)9-10-16(15)20/h9-13,17H,3-8H2,1-2H3,(H,21,25)(H,22,24)/t17-/m1/s1. The minimum Gasteiger partial charge on any atom is -0.352 e. The SMILES string of the molecule is CC(C)[C@@H](NC(=O)c1cc([N+](=O)[O-])ccc1Cl)C(=O)NC1CCCCCC1. The number of nitro benzene ring substituents is 1. The Morgan fingerprint density at radius 3 is 2.37 bits per heavy atom. The van der Waals surface area contributed by atoms with Crippen LogP contribution in [-0.2, 0) is 4.79 Å². The first kappa shape index (κ1) is 21.2. The van der Waals surface area contributed by atoms with Crippen LogP contribution in [0.5, 0.6) is 0 Å². The molecule has 148 valence electrons. The van der Waals surface area contributed by atoms with Crippen LogP contribution in [0.15, 0.2) is 18.2 Å². The summed E-state index contributed by atoms with van der Waals surface area (Å²) in [4.78, 5) is 35.7. The van der Waals surface area contributed by atoms with E-state index in [9.17, 15) is 19.7 Å². The Hall–Kier alpha value is -2.15.